The Morgan fingerprint density at radius 2 is 1.62 bits per heavy atom. The molecular formula is C18H30N2O3S. The molecule has 0 heterocycles. The molecule has 24 heavy (non-hydrogen) atoms. The number of amides is 1. The van der Waals surface area contributed by atoms with Gasteiger partial charge in [0.05, 0.1) is 11.9 Å². The summed E-state index contributed by atoms with van der Waals surface area (Å²) in [5, 5.41) is 0. The van der Waals surface area contributed by atoms with Gasteiger partial charge in [-0.2, -0.15) is 0 Å². The maximum Gasteiger partial charge on any atom is 0.253 e. The van der Waals surface area contributed by atoms with Crippen LogP contribution in [0.2, 0.25) is 0 Å². The molecule has 0 unspecified atom stereocenters. The Hall–Kier alpha value is -1.56. The van der Waals surface area contributed by atoms with Crippen molar-refractivity contribution in [2.24, 2.45) is 0 Å². The van der Waals surface area contributed by atoms with Crippen molar-refractivity contribution in [2.45, 2.75) is 46.5 Å². The van der Waals surface area contributed by atoms with Gasteiger partial charge in [0.25, 0.3) is 5.91 Å². The Bertz CT molecular complexity index is 663. The first-order valence-electron chi connectivity index (χ1n) is 8.49. The van der Waals surface area contributed by atoms with Crippen LogP contribution in [0.1, 0.15) is 62.4 Å². The standard InChI is InChI=1S/C18H30N2O3S/c1-7-9-20(10-8-2)18(21)16-11-15(14(3)4)12-17(13-16)19(5)24(6,22)23/h11-14H,7-10H2,1-6H3. The molecule has 136 valence electrons. The average molecular weight is 355 g/mol. The van der Waals surface area contributed by atoms with Crippen LogP contribution in [0.25, 0.3) is 0 Å². The third-order valence-electron chi connectivity index (χ3n) is 3.99. The molecule has 0 aliphatic heterocycles. The fraction of sp³-hybridized carbons (Fsp3) is 0.611. The Morgan fingerprint density at radius 3 is 2.04 bits per heavy atom. The summed E-state index contributed by atoms with van der Waals surface area (Å²) in [5.41, 5.74) is 2.04. The number of nitrogens with zero attached hydrogens (tertiary/aromatic N) is 2. The van der Waals surface area contributed by atoms with E-state index in [9.17, 15) is 13.2 Å². The fourth-order valence-corrected chi connectivity index (χ4v) is 2.99. The third kappa shape index (κ3) is 5.23. The highest BCUT2D eigenvalue weighted by atomic mass is 32.2. The van der Waals surface area contributed by atoms with Gasteiger partial charge in [-0.1, -0.05) is 27.7 Å². The summed E-state index contributed by atoms with van der Waals surface area (Å²) in [4.78, 5) is 14.7. The van der Waals surface area contributed by atoms with Crippen molar-refractivity contribution in [3.8, 4) is 0 Å². The molecular weight excluding hydrogens is 324 g/mol. The molecule has 0 atom stereocenters. The summed E-state index contributed by atoms with van der Waals surface area (Å²) in [5.74, 6) is 0.166. The molecule has 1 aromatic rings. The first-order valence-corrected chi connectivity index (χ1v) is 10.3. The zero-order valence-corrected chi connectivity index (χ0v) is 16.5. The molecule has 5 nitrogen and oxygen atoms in total. The highest BCUT2D eigenvalue weighted by Gasteiger charge is 2.20. The number of carbonyl (C=O) groups excluding carboxylic acids is 1. The van der Waals surface area contributed by atoms with Crippen LogP contribution in [0, 0.1) is 0 Å². The summed E-state index contributed by atoms with van der Waals surface area (Å²) >= 11 is 0. The van der Waals surface area contributed by atoms with Crippen molar-refractivity contribution < 1.29 is 13.2 Å². The van der Waals surface area contributed by atoms with E-state index in [4.69, 9.17) is 0 Å². The van der Waals surface area contributed by atoms with Crippen LogP contribution >= 0.6 is 0 Å². The summed E-state index contributed by atoms with van der Waals surface area (Å²) in [7, 11) is -1.86. The number of sulfonamides is 1. The minimum Gasteiger partial charge on any atom is -0.339 e. The summed E-state index contributed by atoms with van der Waals surface area (Å²) in [6, 6.07) is 5.39. The van der Waals surface area contributed by atoms with Crippen molar-refractivity contribution in [2.75, 3.05) is 30.7 Å². The second kappa shape index (κ2) is 8.51. The maximum atomic E-state index is 12.9. The number of hydrogen-bond acceptors (Lipinski definition) is 3. The van der Waals surface area contributed by atoms with Gasteiger partial charge in [0.15, 0.2) is 0 Å². The van der Waals surface area contributed by atoms with E-state index < -0.39 is 10.0 Å². The molecule has 0 radical (unpaired) electrons. The lowest BCUT2D eigenvalue weighted by atomic mass is 9.99. The lowest BCUT2D eigenvalue weighted by molar-refractivity contribution is 0.0755. The van der Waals surface area contributed by atoms with Gasteiger partial charge in [-0.3, -0.25) is 9.10 Å². The van der Waals surface area contributed by atoms with Gasteiger partial charge in [0.1, 0.15) is 0 Å². The van der Waals surface area contributed by atoms with E-state index in [0.29, 0.717) is 24.3 Å². The largest absolute Gasteiger partial charge is 0.339 e. The van der Waals surface area contributed by atoms with E-state index in [0.717, 1.165) is 24.7 Å². The summed E-state index contributed by atoms with van der Waals surface area (Å²) in [6.45, 7) is 9.56. The monoisotopic (exact) mass is 354 g/mol. The van der Waals surface area contributed by atoms with Gasteiger partial charge in [-0.25, -0.2) is 8.42 Å². The second-order valence-corrected chi connectivity index (χ2v) is 8.50. The molecule has 0 saturated carbocycles. The van der Waals surface area contributed by atoms with Crippen molar-refractivity contribution in [1.82, 2.24) is 4.90 Å². The third-order valence-corrected chi connectivity index (χ3v) is 5.19. The molecule has 6 heteroatoms. The first kappa shape index (κ1) is 20.5. The van der Waals surface area contributed by atoms with Crippen LogP contribution < -0.4 is 4.31 Å². The normalized spacial score (nSPS) is 11.6. The molecule has 0 aromatic heterocycles. The number of hydrogen-bond donors (Lipinski definition) is 0. The zero-order chi connectivity index (χ0) is 18.5. The Kier molecular flexibility index (Phi) is 7.27. The van der Waals surface area contributed by atoms with E-state index in [1.165, 1.54) is 11.4 Å². The van der Waals surface area contributed by atoms with Crippen molar-refractivity contribution in [3.05, 3.63) is 29.3 Å². The fourth-order valence-electron chi connectivity index (χ4n) is 2.50. The number of carbonyl (C=O) groups is 1. The van der Waals surface area contributed by atoms with E-state index in [1.807, 2.05) is 44.7 Å². The van der Waals surface area contributed by atoms with Crippen molar-refractivity contribution in [3.63, 3.8) is 0 Å². The molecule has 1 aromatic carbocycles. The van der Waals surface area contributed by atoms with Crippen LogP contribution in [0.3, 0.4) is 0 Å². The molecule has 0 fully saturated rings. The predicted molar refractivity (Wildman–Crippen MR) is 100 cm³/mol. The lowest BCUT2D eigenvalue weighted by Crippen LogP contribution is -2.33. The lowest BCUT2D eigenvalue weighted by Gasteiger charge is -2.24. The molecule has 0 bridgehead atoms. The van der Waals surface area contributed by atoms with Gasteiger partial charge in [-0.15, -0.1) is 0 Å². The van der Waals surface area contributed by atoms with E-state index >= 15 is 0 Å². The van der Waals surface area contributed by atoms with E-state index in [2.05, 4.69) is 0 Å². The summed E-state index contributed by atoms with van der Waals surface area (Å²) < 4.78 is 24.9. The van der Waals surface area contributed by atoms with Gasteiger partial charge in [0, 0.05) is 25.7 Å². The molecule has 0 aliphatic carbocycles. The van der Waals surface area contributed by atoms with Gasteiger partial charge in [0.2, 0.25) is 10.0 Å². The van der Waals surface area contributed by atoms with Crippen molar-refractivity contribution >= 4 is 21.6 Å². The zero-order valence-electron chi connectivity index (χ0n) is 15.7. The minimum atomic E-state index is -3.37. The van der Waals surface area contributed by atoms with E-state index in [-0.39, 0.29) is 11.8 Å². The van der Waals surface area contributed by atoms with Crippen LogP contribution in [0.5, 0.6) is 0 Å². The second-order valence-electron chi connectivity index (χ2n) is 6.49. The topological polar surface area (TPSA) is 57.7 Å². The van der Waals surface area contributed by atoms with Crippen LogP contribution in [0.4, 0.5) is 5.69 Å². The smallest absolute Gasteiger partial charge is 0.253 e. The number of benzene rings is 1. The number of rotatable bonds is 8. The Labute approximate surface area is 146 Å². The first-order chi connectivity index (χ1) is 11.1. The molecule has 1 amide bonds. The van der Waals surface area contributed by atoms with Crippen LogP contribution in [0.15, 0.2) is 18.2 Å². The van der Waals surface area contributed by atoms with Crippen molar-refractivity contribution in [1.29, 1.82) is 0 Å². The quantitative estimate of drug-likeness (QED) is 0.718. The maximum absolute atomic E-state index is 12.9. The molecule has 0 spiro atoms. The van der Waals surface area contributed by atoms with E-state index in [1.54, 1.807) is 6.07 Å². The summed E-state index contributed by atoms with van der Waals surface area (Å²) in [6.07, 6.45) is 2.95. The minimum absolute atomic E-state index is 0.0376. The van der Waals surface area contributed by atoms with Gasteiger partial charge in [-0.05, 0) is 42.5 Å². The predicted octanol–water partition coefficient (Wildman–Crippen LogP) is 3.47. The molecule has 0 N–H and O–H groups in total. The SMILES string of the molecule is CCCN(CCC)C(=O)c1cc(C(C)C)cc(N(C)S(C)(=O)=O)c1. The Balaban J connectivity index is 3.36. The number of anilines is 1. The Morgan fingerprint density at radius 1 is 1.08 bits per heavy atom. The van der Waals surface area contributed by atoms with Gasteiger partial charge >= 0.3 is 0 Å². The average Bonchev–Trinajstić information content (AvgIpc) is 2.51. The van der Waals surface area contributed by atoms with Gasteiger partial charge < -0.3 is 4.90 Å². The van der Waals surface area contributed by atoms with Crippen LogP contribution in [-0.2, 0) is 10.0 Å². The molecule has 0 saturated heterocycles. The highest BCUT2D eigenvalue weighted by molar-refractivity contribution is 7.92. The molecule has 1 rings (SSSR count). The molecule has 0 aliphatic rings. The van der Waals surface area contributed by atoms with Crippen LogP contribution in [-0.4, -0.2) is 45.6 Å². The highest BCUT2D eigenvalue weighted by Crippen LogP contribution is 2.26.